The normalized spacial score (nSPS) is 20.2. The summed E-state index contributed by atoms with van der Waals surface area (Å²) in [6.45, 7) is 4.75. The summed E-state index contributed by atoms with van der Waals surface area (Å²) in [5, 5.41) is 3.35. The first-order valence-corrected chi connectivity index (χ1v) is 6.87. The number of nitrogens with zero attached hydrogens (tertiary/aromatic N) is 1. The minimum atomic E-state index is 0.0897. The molecule has 1 amide bonds. The fraction of sp³-hybridized carbons (Fsp3) is 0.583. The number of piperidine rings is 1. The standard InChI is InChI=1S/C12H18BrN3O/c1-2-16(10-4-3-5-14-8-10)12(17)11-6-9(13)7-15-11/h6-7,10,14-15H,2-5,8H2,1H3. The molecule has 2 heterocycles. The summed E-state index contributed by atoms with van der Waals surface area (Å²) in [7, 11) is 0. The Balaban J connectivity index is 2.09. The topological polar surface area (TPSA) is 48.1 Å². The molecule has 94 valence electrons. The van der Waals surface area contributed by atoms with Crippen LogP contribution in [-0.2, 0) is 0 Å². The van der Waals surface area contributed by atoms with Crippen molar-refractivity contribution >= 4 is 21.8 Å². The molecule has 1 aromatic rings. The van der Waals surface area contributed by atoms with Gasteiger partial charge in [0.1, 0.15) is 5.69 Å². The zero-order chi connectivity index (χ0) is 12.3. The maximum Gasteiger partial charge on any atom is 0.270 e. The molecule has 1 aliphatic rings. The van der Waals surface area contributed by atoms with Crippen LogP contribution in [0.2, 0.25) is 0 Å². The van der Waals surface area contributed by atoms with Crippen molar-refractivity contribution in [3.63, 3.8) is 0 Å². The third kappa shape index (κ3) is 2.90. The molecular weight excluding hydrogens is 282 g/mol. The third-order valence-corrected chi connectivity index (χ3v) is 3.65. The van der Waals surface area contributed by atoms with Crippen LogP contribution < -0.4 is 5.32 Å². The molecule has 0 saturated carbocycles. The molecule has 1 atom stereocenters. The Kier molecular flexibility index (Phi) is 4.23. The lowest BCUT2D eigenvalue weighted by Gasteiger charge is -2.33. The van der Waals surface area contributed by atoms with Gasteiger partial charge in [-0.25, -0.2) is 0 Å². The lowest BCUT2D eigenvalue weighted by atomic mass is 10.1. The second-order valence-electron chi connectivity index (χ2n) is 4.32. The van der Waals surface area contributed by atoms with E-state index in [1.807, 2.05) is 17.9 Å². The Morgan fingerprint density at radius 1 is 1.65 bits per heavy atom. The molecule has 4 nitrogen and oxygen atoms in total. The summed E-state index contributed by atoms with van der Waals surface area (Å²) in [5.41, 5.74) is 0.657. The van der Waals surface area contributed by atoms with Crippen LogP contribution >= 0.6 is 15.9 Å². The van der Waals surface area contributed by atoms with Crippen LogP contribution in [0, 0.1) is 0 Å². The molecule has 2 rings (SSSR count). The summed E-state index contributed by atoms with van der Waals surface area (Å²) in [6, 6.07) is 2.16. The van der Waals surface area contributed by atoms with Crippen LogP contribution in [0.25, 0.3) is 0 Å². The zero-order valence-electron chi connectivity index (χ0n) is 10.0. The first-order valence-electron chi connectivity index (χ1n) is 6.08. The number of carbonyl (C=O) groups excluding carboxylic acids is 1. The fourth-order valence-corrected chi connectivity index (χ4v) is 2.66. The molecule has 0 radical (unpaired) electrons. The molecule has 17 heavy (non-hydrogen) atoms. The number of amides is 1. The fourth-order valence-electron chi connectivity index (χ4n) is 2.31. The molecule has 0 aliphatic carbocycles. The monoisotopic (exact) mass is 299 g/mol. The molecule has 1 unspecified atom stereocenters. The Labute approximate surface area is 110 Å². The number of H-pyrrole nitrogens is 1. The van der Waals surface area contributed by atoms with Crippen molar-refractivity contribution in [3.8, 4) is 0 Å². The van der Waals surface area contributed by atoms with Crippen LogP contribution in [0.5, 0.6) is 0 Å². The number of aromatic amines is 1. The van der Waals surface area contributed by atoms with Gasteiger partial charge < -0.3 is 15.2 Å². The number of halogens is 1. The van der Waals surface area contributed by atoms with E-state index in [4.69, 9.17) is 0 Å². The minimum Gasteiger partial charge on any atom is -0.356 e. The van der Waals surface area contributed by atoms with Gasteiger partial charge in [0.15, 0.2) is 0 Å². The van der Waals surface area contributed by atoms with E-state index < -0.39 is 0 Å². The van der Waals surface area contributed by atoms with Crippen molar-refractivity contribution in [2.45, 2.75) is 25.8 Å². The van der Waals surface area contributed by atoms with Crippen LogP contribution in [0.1, 0.15) is 30.3 Å². The van der Waals surface area contributed by atoms with E-state index in [2.05, 4.69) is 26.2 Å². The van der Waals surface area contributed by atoms with Crippen LogP contribution in [0.15, 0.2) is 16.7 Å². The number of nitrogens with one attached hydrogen (secondary N) is 2. The van der Waals surface area contributed by atoms with Crippen molar-refractivity contribution in [1.82, 2.24) is 15.2 Å². The molecule has 0 bridgehead atoms. The second kappa shape index (κ2) is 5.69. The van der Waals surface area contributed by atoms with Crippen LogP contribution in [0.3, 0.4) is 0 Å². The van der Waals surface area contributed by atoms with Crippen molar-refractivity contribution in [3.05, 3.63) is 22.4 Å². The number of aromatic nitrogens is 1. The number of hydrogen-bond acceptors (Lipinski definition) is 2. The summed E-state index contributed by atoms with van der Waals surface area (Å²) in [4.78, 5) is 17.3. The van der Waals surface area contributed by atoms with E-state index in [0.717, 1.165) is 36.9 Å². The maximum absolute atomic E-state index is 12.3. The van der Waals surface area contributed by atoms with Crippen molar-refractivity contribution in [2.24, 2.45) is 0 Å². The average molecular weight is 300 g/mol. The SMILES string of the molecule is CCN(C(=O)c1cc(Br)c[nH]1)C1CCCNC1. The Morgan fingerprint density at radius 3 is 3.00 bits per heavy atom. The molecular formula is C12H18BrN3O. The molecule has 0 spiro atoms. The van der Waals surface area contributed by atoms with Gasteiger partial charge in [0, 0.05) is 29.8 Å². The van der Waals surface area contributed by atoms with Gasteiger partial charge in [-0.05, 0) is 48.3 Å². The lowest BCUT2D eigenvalue weighted by Crippen LogP contribution is -2.48. The van der Waals surface area contributed by atoms with E-state index in [-0.39, 0.29) is 5.91 Å². The highest BCUT2D eigenvalue weighted by Crippen LogP contribution is 2.16. The average Bonchev–Trinajstić information content (AvgIpc) is 2.78. The summed E-state index contributed by atoms with van der Waals surface area (Å²) >= 11 is 3.35. The van der Waals surface area contributed by atoms with E-state index in [9.17, 15) is 4.79 Å². The molecule has 5 heteroatoms. The Bertz CT molecular complexity index is 385. The highest BCUT2D eigenvalue weighted by molar-refractivity contribution is 9.10. The first kappa shape index (κ1) is 12.6. The number of hydrogen-bond donors (Lipinski definition) is 2. The quantitative estimate of drug-likeness (QED) is 0.897. The van der Waals surface area contributed by atoms with E-state index in [1.54, 1.807) is 6.20 Å². The number of rotatable bonds is 3. The Hall–Kier alpha value is -0.810. The summed E-state index contributed by atoms with van der Waals surface area (Å²) in [6.07, 6.45) is 4.03. The van der Waals surface area contributed by atoms with Gasteiger partial charge in [-0.2, -0.15) is 0 Å². The van der Waals surface area contributed by atoms with Crippen molar-refractivity contribution in [1.29, 1.82) is 0 Å². The first-order chi connectivity index (χ1) is 8.22. The zero-order valence-corrected chi connectivity index (χ0v) is 11.6. The van der Waals surface area contributed by atoms with E-state index in [1.165, 1.54) is 0 Å². The van der Waals surface area contributed by atoms with Crippen molar-refractivity contribution in [2.75, 3.05) is 19.6 Å². The largest absolute Gasteiger partial charge is 0.356 e. The van der Waals surface area contributed by atoms with Gasteiger partial charge in [-0.15, -0.1) is 0 Å². The molecule has 1 aliphatic heterocycles. The van der Waals surface area contributed by atoms with Crippen molar-refractivity contribution < 1.29 is 4.79 Å². The maximum atomic E-state index is 12.3. The lowest BCUT2D eigenvalue weighted by molar-refractivity contribution is 0.0657. The molecule has 2 N–H and O–H groups in total. The highest BCUT2D eigenvalue weighted by Gasteiger charge is 2.25. The summed E-state index contributed by atoms with van der Waals surface area (Å²) < 4.78 is 0.915. The number of carbonyl (C=O) groups is 1. The van der Waals surface area contributed by atoms with Crippen LogP contribution in [0.4, 0.5) is 0 Å². The predicted octanol–water partition coefficient (Wildman–Crippen LogP) is 1.99. The van der Waals surface area contributed by atoms with Gasteiger partial charge in [0.05, 0.1) is 0 Å². The number of likely N-dealkylation sites (N-methyl/N-ethyl adjacent to an activating group) is 1. The second-order valence-corrected chi connectivity index (χ2v) is 5.24. The molecule has 1 aromatic heterocycles. The Morgan fingerprint density at radius 2 is 2.47 bits per heavy atom. The smallest absolute Gasteiger partial charge is 0.270 e. The van der Waals surface area contributed by atoms with E-state index >= 15 is 0 Å². The third-order valence-electron chi connectivity index (χ3n) is 3.19. The minimum absolute atomic E-state index is 0.0897. The molecule has 1 saturated heterocycles. The van der Waals surface area contributed by atoms with Gasteiger partial charge in [0.2, 0.25) is 0 Å². The molecule has 0 aromatic carbocycles. The van der Waals surface area contributed by atoms with Crippen LogP contribution in [-0.4, -0.2) is 41.5 Å². The summed E-state index contributed by atoms with van der Waals surface area (Å²) in [5.74, 6) is 0.0897. The molecule has 1 fully saturated rings. The predicted molar refractivity (Wildman–Crippen MR) is 71.1 cm³/mol. The highest BCUT2D eigenvalue weighted by atomic mass is 79.9. The van der Waals surface area contributed by atoms with E-state index in [0.29, 0.717) is 11.7 Å². The van der Waals surface area contributed by atoms with Gasteiger partial charge >= 0.3 is 0 Å². The van der Waals surface area contributed by atoms with Gasteiger partial charge in [-0.3, -0.25) is 4.79 Å². The van der Waals surface area contributed by atoms with Gasteiger partial charge in [-0.1, -0.05) is 0 Å². The van der Waals surface area contributed by atoms with Gasteiger partial charge in [0.25, 0.3) is 5.91 Å².